The van der Waals surface area contributed by atoms with E-state index >= 15 is 0 Å². The molecule has 1 aromatic carbocycles. The highest BCUT2D eigenvalue weighted by molar-refractivity contribution is 5.41. The SMILES string of the molecule is CCOc1cc(C)c(CCC(O)C(O)CC)c(C)c1. The van der Waals surface area contributed by atoms with Crippen molar-refractivity contribution in [2.75, 3.05) is 6.61 Å². The Morgan fingerprint density at radius 1 is 1.05 bits per heavy atom. The van der Waals surface area contributed by atoms with Crippen LogP contribution < -0.4 is 4.74 Å². The van der Waals surface area contributed by atoms with Crippen LogP contribution >= 0.6 is 0 Å². The standard InChI is InChI=1S/C16H26O3/c1-5-15(17)16(18)8-7-14-11(3)9-13(19-6-2)10-12(14)4/h9-10,15-18H,5-8H2,1-4H3. The van der Waals surface area contributed by atoms with Gasteiger partial charge in [0.15, 0.2) is 0 Å². The summed E-state index contributed by atoms with van der Waals surface area (Å²) < 4.78 is 5.51. The number of aliphatic hydroxyl groups is 2. The van der Waals surface area contributed by atoms with Crippen molar-refractivity contribution in [1.82, 2.24) is 0 Å². The Balaban J connectivity index is 2.73. The molecule has 0 heterocycles. The zero-order valence-electron chi connectivity index (χ0n) is 12.4. The first-order chi connectivity index (χ1) is 8.99. The molecule has 1 aromatic rings. The van der Waals surface area contributed by atoms with E-state index in [1.165, 1.54) is 16.7 Å². The Morgan fingerprint density at radius 3 is 2.11 bits per heavy atom. The highest BCUT2D eigenvalue weighted by Crippen LogP contribution is 2.24. The van der Waals surface area contributed by atoms with E-state index < -0.39 is 12.2 Å². The Hall–Kier alpha value is -1.06. The molecule has 2 N–H and O–H groups in total. The van der Waals surface area contributed by atoms with Gasteiger partial charge in [-0.25, -0.2) is 0 Å². The van der Waals surface area contributed by atoms with Crippen molar-refractivity contribution in [2.24, 2.45) is 0 Å². The van der Waals surface area contributed by atoms with Crippen LogP contribution in [-0.2, 0) is 6.42 Å². The third kappa shape index (κ3) is 4.51. The minimum atomic E-state index is -0.643. The number of hydrogen-bond acceptors (Lipinski definition) is 3. The van der Waals surface area contributed by atoms with E-state index in [2.05, 4.69) is 13.8 Å². The molecule has 0 aliphatic heterocycles. The predicted molar refractivity (Wildman–Crippen MR) is 77.7 cm³/mol. The first kappa shape index (κ1) is 16.0. The van der Waals surface area contributed by atoms with Gasteiger partial charge in [0, 0.05) is 0 Å². The van der Waals surface area contributed by atoms with E-state index in [0.29, 0.717) is 19.4 Å². The fourth-order valence-corrected chi connectivity index (χ4v) is 2.35. The summed E-state index contributed by atoms with van der Waals surface area (Å²) in [6.45, 7) is 8.64. The molecular weight excluding hydrogens is 240 g/mol. The Kier molecular flexibility index (Phi) is 6.32. The van der Waals surface area contributed by atoms with Gasteiger partial charge in [-0.1, -0.05) is 6.92 Å². The van der Waals surface area contributed by atoms with E-state index in [9.17, 15) is 10.2 Å². The molecule has 0 saturated heterocycles. The average Bonchev–Trinajstić information content (AvgIpc) is 2.36. The van der Waals surface area contributed by atoms with E-state index in [1.807, 2.05) is 26.0 Å². The summed E-state index contributed by atoms with van der Waals surface area (Å²) in [6.07, 6.45) is 0.689. The summed E-state index contributed by atoms with van der Waals surface area (Å²) in [7, 11) is 0. The summed E-state index contributed by atoms with van der Waals surface area (Å²) in [5.41, 5.74) is 3.61. The van der Waals surface area contributed by atoms with Crippen molar-refractivity contribution < 1.29 is 14.9 Å². The molecule has 0 fully saturated rings. The molecule has 0 aliphatic rings. The maximum Gasteiger partial charge on any atom is 0.119 e. The van der Waals surface area contributed by atoms with Gasteiger partial charge >= 0.3 is 0 Å². The van der Waals surface area contributed by atoms with Crippen LogP contribution in [0.25, 0.3) is 0 Å². The second kappa shape index (κ2) is 7.51. The van der Waals surface area contributed by atoms with Gasteiger partial charge in [0.2, 0.25) is 0 Å². The second-order valence-electron chi connectivity index (χ2n) is 5.05. The second-order valence-corrected chi connectivity index (χ2v) is 5.05. The van der Waals surface area contributed by atoms with Crippen LogP contribution in [0.4, 0.5) is 0 Å². The molecule has 0 aliphatic carbocycles. The predicted octanol–water partition coefficient (Wildman–Crippen LogP) is 2.77. The van der Waals surface area contributed by atoms with E-state index in [1.54, 1.807) is 0 Å². The van der Waals surface area contributed by atoms with Crippen LogP contribution in [0, 0.1) is 13.8 Å². The monoisotopic (exact) mass is 266 g/mol. The molecule has 3 nitrogen and oxygen atoms in total. The first-order valence-electron chi connectivity index (χ1n) is 7.08. The van der Waals surface area contributed by atoms with Crippen LogP contribution in [0.15, 0.2) is 12.1 Å². The largest absolute Gasteiger partial charge is 0.494 e. The lowest BCUT2D eigenvalue weighted by atomic mass is 9.95. The molecule has 3 heteroatoms. The van der Waals surface area contributed by atoms with Gasteiger partial charge in [-0.2, -0.15) is 0 Å². The van der Waals surface area contributed by atoms with Crippen molar-refractivity contribution in [3.63, 3.8) is 0 Å². The van der Waals surface area contributed by atoms with Gasteiger partial charge in [0.05, 0.1) is 18.8 Å². The lowest BCUT2D eigenvalue weighted by molar-refractivity contribution is 0.0130. The molecule has 108 valence electrons. The van der Waals surface area contributed by atoms with Crippen molar-refractivity contribution in [1.29, 1.82) is 0 Å². The number of rotatable bonds is 7. The summed E-state index contributed by atoms with van der Waals surface area (Å²) in [6, 6.07) is 4.07. The Bertz CT molecular complexity index is 378. The molecule has 0 bridgehead atoms. The van der Waals surface area contributed by atoms with Crippen LogP contribution in [-0.4, -0.2) is 29.0 Å². The number of aryl methyl sites for hydroxylation is 2. The van der Waals surface area contributed by atoms with Gasteiger partial charge in [0.25, 0.3) is 0 Å². The molecule has 0 aromatic heterocycles. The number of benzene rings is 1. The zero-order chi connectivity index (χ0) is 14.4. The van der Waals surface area contributed by atoms with Crippen molar-refractivity contribution in [3.8, 4) is 5.75 Å². The lowest BCUT2D eigenvalue weighted by Crippen LogP contribution is -2.25. The van der Waals surface area contributed by atoms with E-state index in [0.717, 1.165) is 12.2 Å². The summed E-state index contributed by atoms with van der Waals surface area (Å²) >= 11 is 0. The maximum atomic E-state index is 9.82. The fourth-order valence-electron chi connectivity index (χ4n) is 2.35. The van der Waals surface area contributed by atoms with Gasteiger partial charge in [0.1, 0.15) is 5.75 Å². The third-order valence-electron chi connectivity index (χ3n) is 3.53. The normalized spacial score (nSPS) is 14.2. The van der Waals surface area contributed by atoms with Crippen LogP contribution in [0.2, 0.25) is 0 Å². The molecule has 19 heavy (non-hydrogen) atoms. The summed E-state index contributed by atoms with van der Waals surface area (Å²) in [4.78, 5) is 0. The van der Waals surface area contributed by atoms with E-state index in [4.69, 9.17) is 4.74 Å². The van der Waals surface area contributed by atoms with Crippen molar-refractivity contribution in [2.45, 2.75) is 59.2 Å². The van der Waals surface area contributed by atoms with Crippen molar-refractivity contribution in [3.05, 3.63) is 28.8 Å². The quantitative estimate of drug-likeness (QED) is 0.798. The number of ether oxygens (including phenoxy) is 1. The summed E-state index contributed by atoms with van der Waals surface area (Å²) in [5.74, 6) is 0.899. The topological polar surface area (TPSA) is 49.7 Å². The molecule has 1 rings (SSSR count). The highest BCUT2D eigenvalue weighted by Gasteiger charge is 2.15. The van der Waals surface area contributed by atoms with E-state index in [-0.39, 0.29) is 0 Å². The minimum absolute atomic E-state index is 0.586. The van der Waals surface area contributed by atoms with Gasteiger partial charge in [-0.15, -0.1) is 0 Å². The van der Waals surface area contributed by atoms with Gasteiger partial charge < -0.3 is 14.9 Å². The number of hydrogen-bond donors (Lipinski definition) is 2. The average molecular weight is 266 g/mol. The van der Waals surface area contributed by atoms with Crippen LogP contribution in [0.5, 0.6) is 5.75 Å². The first-order valence-corrected chi connectivity index (χ1v) is 7.08. The lowest BCUT2D eigenvalue weighted by Gasteiger charge is -2.18. The van der Waals surface area contributed by atoms with Gasteiger partial charge in [-0.05, 0) is 68.9 Å². The molecule has 0 radical (unpaired) electrons. The highest BCUT2D eigenvalue weighted by atomic mass is 16.5. The summed E-state index contributed by atoms with van der Waals surface area (Å²) in [5, 5.41) is 19.4. The molecular formula is C16H26O3. The third-order valence-corrected chi connectivity index (χ3v) is 3.53. The minimum Gasteiger partial charge on any atom is -0.494 e. The zero-order valence-corrected chi connectivity index (χ0v) is 12.4. The molecule has 0 saturated carbocycles. The van der Waals surface area contributed by atoms with Crippen LogP contribution in [0.1, 0.15) is 43.4 Å². The molecule has 0 spiro atoms. The smallest absolute Gasteiger partial charge is 0.119 e. The van der Waals surface area contributed by atoms with Crippen LogP contribution in [0.3, 0.4) is 0 Å². The van der Waals surface area contributed by atoms with Gasteiger partial charge in [-0.3, -0.25) is 0 Å². The molecule has 2 unspecified atom stereocenters. The maximum absolute atomic E-state index is 9.82. The fraction of sp³-hybridized carbons (Fsp3) is 0.625. The Labute approximate surface area is 116 Å². The molecule has 2 atom stereocenters. The van der Waals surface area contributed by atoms with Crippen molar-refractivity contribution >= 4 is 0 Å². The Morgan fingerprint density at radius 2 is 1.63 bits per heavy atom. The molecule has 0 amide bonds. The number of aliphatic hydroxyl groups excluding tert-OH is 2.